The number of pyridine rings is 1. The van der Waals surface area contributed by atoms with Crippen molar-refractivity contribution in [3.8, 4) is 0 Å². The Morgan fingerprint density at radius 1 is 1.20 bits per heavy atom. The molecule has 3 rings (SSSR count). The molecule has 0 spiro atoms. The van der Waals surface area contributed by atoms with Gasteiger partial charge < -0.3 is 4.74 Å². The van der Waals surface area contributed by atoms with Gasteiger partial charge in [-0.1, -0.05) is 25.1 Å². The lowest BCUT2D eigenvalue weighted by molar-refractivity contribution is -0.0453. The molecule has 0 aliphatic heterocycles. The average molecular weight is 269 g/mol. The van der Waals surface area contributed by atoms with E-state index in [1.807, 2.05) is 13.3 Å². The Bertz CT molecular complexity index is 573. The van der Waals surface area contributed by atoms with E-state index >= 15 is 0 Å². The number of methoxy groups -OCH3 is 1. The standard InChI is InChI=1S/C18H23NO/c1-3-18(20-2)11-8-14(9-12-18)15-10-13-19-17-7-5-4-6-16(15)17/h4-7,10,13-14H,3,8-9,11-12H2,1-2H3. The van der Waals surface area contributed by atoms with Gasteiger partial charge in [-0.2, -0.15) is 0 Å². The van der Waals surface area contributed by atoms with Gasteiger partial charge in [-0.15, -0.1) is 0 Å². The Morgan fingerprint density at radius 2 is 1.95 bits per heavy atom. The summed E-state index contributed by atoms with van der Waals surface area (Å²) in [7, 11) is 1.87. The van der Waals surface area contributed by atoms with E-state index in [4.69, 9.17) is 4.74 Å². The molecule has 20 heavy (non-hydrogen) atoms. The number of ether oxygens (including phenoxy) is 1. The van der Waals surface area contributed by atoms with E-state index < -0.39 is 0 Å². The molecule has 0 amide bonds. The number of para-hydroxylation sites is 1. The highest BCUT2D eigenvalue weighted by Crippen LogP contribution is 2.42. The lowest BCUT2D eigenvalue weighted by Crippen LogP contribution is -2.35. The largest absolute Gasteiger partial charge is 0.378 e. The topological polar surface area (TPSA) is 22.1 Å². The molecular weight excluding hydrogens is 246 g/mol. The van der Waals surface area contributed by atoms with Gasteiger partial charge in [-0.3, -0.25) is 4.98 Å². The van der Waals surface area contributed by atoms with Crippen LogP contribution in [0.15, 0.2) is 36.5 Å². The van der Waals surface area contributed by atoms with Gasteiger partial charge in [-0.05, 0) is 55.7 Å². The smallest absolute Gasteiger partial charge is 0.0704 e. The minimum atomic E-state index is 0.124. The molecule has 0 atom stereocenters. The second-order valence-corrected chi connectivity index (χ2v) is 5.93. The van der Waals surface area contributed by atoms with Crippen LogP contribution in [0.4, 0.5) is 0 Å². The van der Waals surface area contributed by atoms with Gasteiger partial charge in [0.2, 0.25) is 0 Å². The molecule has 0 saturated heterocycles. The average Bonchev–Trinajstić information content (AvgIpc) is 2.54. The first-order chi connectivity index (χ1) is 9.78. The van der Waals surface area contributed by atoms with Crippen molar-refractivity contribution < 1.29 is 4.74 Å². The predicted octanol–water partition coefficient (Wildman–Crippen LogP) is 4.69. The molecular formula is C18H23NO. The van der Waals surface area contributed by atoms with Crippen LogP contribution in [0, 0.1) is 0 Å². The first-order valence-electron chi connectivity index (χ1n) is 7.67. The molecule has 0 radical (unpaired) electrons. The summed E-state index contributed by atoms with van der Waals surface area (Å²) in [4.78, 5) is 4.47. The fourth-order valence-corrected chi connectivity index (χ4v) is 3.63. The van der Waals surface area contributed by atoms with Gasteiger partial charge >= 0.3 is 0 Å². The molecule has 106 valence electrons. The number of hydrogen-bond donors (Lipinski definition) is 0. The van der Waals surface area contributed by atoms with Crippen LogP contribution in [0.25, 0.3) is 10.9 Å². The van der Waals surface area contributed by atoms with E-state index in [1.165, 1.54) is 36.6 Å². The number of fused-ring (bicyclic) bond motifs is 1. The minimum Gasteiger partial charge on any atom is -0.378 e. The number of hydrogen-bond acceptors (Lipinski definition) is 2. The molecule has 0 unspecified atom stereocenters. The van der Waals surface area contributed by atoms with Crippen molar-refractivity contribution in [3.63, 3.8) is 0 Å². The van der Waals surface area contributed by atoms with Gasteiger partial charge in [-0.25, -0.2) is 0 Å². The Hall–Kier alpha value is -1.41. The van der Waals surface area contributed by atoms with E-state index in [2.05, 4.69) is 42.2 Å². The lowest BCUT2D eigenvalue weighted by Gasteiger charge is -2.39. The predicted molar refractivity (Wildman–Crippen MR) is 83.0 cm³/mol. The molecule has 2 nitrogen and oxygen atoms in total. The van der Waals surface area contributed by atoms with Crippen LogP contribution in [-0.4, -0.2) is 17.7 Å². The van der Waals surface area contributed by atoms with Crippen molar-refractivity contribution in [1.29, 1.82) is 0 Å². The van der Waals surface area contributed by atoms with Crippen molar-refractivity contribution in [2.45, 2.75) is 50.5 Å². The third-order valence-corrected chi connectivity index (χ3v) is 5.10. The molecule has 0 N–H and O–H groups in total. The fourth-order valence-electron chi connectivity index (χ4n) is 3.63. The van der Waals surface area contributed by atoms with Crippen molar-refractivity contribution in [2.24, 2.45) is 0 Å². The van der Waals surface area contributed by atoms with Crippen molar-refractivity contribution in [3.05, 3.63) is 42.1 Å². The third-order valence-electron chi connectivity index (χ3n) is 5.10. The number of aromatic nitrogens is 1. The Balaban J connectivity index is 1.87. The van der Waals surface area contributed by atoms with E-state index in [0.717, 1.165) is 11.9 Å². The normalized spacial score (nSPS) is 26.8. The van der Waals surface area contributed by atoms with Crippen LogP contribution in [-0.2, 0) is 4.74 Å². The Kier molecular flexibility index (Phi) is 3.75. The van der Waals surface area contributed by atoms with Gasteiger partial charge in [0, 0.05) is 18.7 Å². The summed E-state index contributed by atoms with van der Waals surface area (Å²) in [5, 5.41) is 1.32. The first kappa shape index (κ1) is 13.6. The highest BCUT2D eigenvalue weighted by Gasteiger charge is 2.34. The van der Waals surface area contributed by atoms with Crippen LogP contribution in [0.1, 0.15) is 50.5 Å². The van der Waals surface area contributed by atoms with Gasteiger partial charge in [0.05, 0.1) is 11.1 Å². The maximum absolute atomic E-state index is 5.79. The summed E-state index contributed by atoms with van der Waals surface area (Å²) in [5.41, 5.74) is 2.71. The summed E-state index contributed by atoms with van der Waals surface area (Å²) >= 11 is 0. The molecule has 0 bridgehead atoms. The highest BCUT2D eigenvalue weighted by molar-refractivity contribution is 5.82. The highest BCUT2D eigenvalue weighted by atomic mass is 16.5. The third kappa shape index (κ3) is 2.33. The first-order valence-corrected chi connectivity index (χ1v) is 7.67. The maximum Gasteiger partial charge on any atom is 0.0704 e. The summed E-state index contributed by atoms with van der Waals surface area (Å²) in [6.07, 6.45) is 7.84. The van der Waals surface area contributed by atoms with Crippen LogP contribution in [0.3, 0.4) is 0 Å². The van der Waals surface area contributed by atoms with Crippen LogP contribution < -0.4 is 0 Å². The molecule has 1 aromatic carbocycles. The summed E-state index contributed by atoms with van der Waals surface area (Å²) in [6.45, 7) is 2.24. The minimum absolute atomic E-state index is 0.124. The summed E-state index contributed by atoms with van der Waals surface area (Å²) in [5.74, 6) is 0.651. The molecule has 2 aromatic rings. The van der Waals surface area contributed by atoms with E-state index in [0.29, 0.717) is 5.92 Å². The van der Waals surface area contributed by atoms with E-state index in [-0.39, 0.29) is 5.60 Å². The molecule has 1 fully saturated rings. The maximum atomic E-state index is 5.79. The molecule has 2 heteroatoms. The Labute approximate surface area is 121 Å². The lowest BCUT2D eigenvalue weighted by atomic mass is 9.74. The quantitative estimate of drug-likeness (QED) is 0.806. The van der Waals surface area contributed by atoms with Crippen LogP contribution >= 0.6 is 0 Å². The zero-order chi connectivity index (χ0) is 14.0. The van der Waals surface area contributed by atoms with Gasteiger partial charge in [0.25, 0.3) is 0 Å². The van der Waals surface area contributed by atoms with Crippen molar-refractivity contribution >= 4 is 10.9 Å². The molecule has 1 aliphatic rings. The van der Waals surface area contributed by atoms with E-state index in [1.54, 1.807) is 0 Å². The fraction of sp³-hybridized carbons (Fsp3) is 0.500. The van der Waals surface area contributed by atoms with E-state index in [9.17, 15) is 0 Å². The molecule has 1 aromatic heterocycles. The number of rotatable bonds is 3. The monoisotopic (exact) mass is 269 g/mol. The number of benzene rings is 1. The van der Waals surface area contributed by atoms with Gasteiger partial charge in [0.15, 0.2) is 0 Å². The SMILES string of the molecule is CCC1(OC)CCC(c2ccnc3ccccc23)CC1. The van der Waals surface area contributed by atoms with Crippen LogP contribution in [0.2, 0.25) is 0 Å². The second-order valence-electron chi connectivity index (χ2n) is 5.93. The molecule has 1 saturated carbocycles. The van der Waals surface area contributed by atoms with Crippen LogP contribution in [0.5, 0.6) is 0 Å². The zero-order valence-corrected chi connectivity index (χ0v) is 12.4. The molecule has 1 heterocycles. The molecule has 1 aliphatic carbocycles. The van der Waals surface area contributed by atoms with Gasteiger partial charge in [0.1, 0.15) is 0 Å². The summed E-state index contributed by atoms with van der Waals surface area (Å²) in [6, 6.07) is 10.7. The summed E-state index contributed by atoms with van der Waals surface area (Å²) < 4.78 is 5.79. The number of nitrogens with zero attached hydrogens (tertiary/aromatic N) is 1. The van der Waals surface area contributed by atoms with Crippen molar-refractivity contribution in [2.75, 3.05) is 7.11 Å². The second kappa shape index (κ2) is 5.53. The Morgan fingerprint density at radius 3 is 2.65 bits per heavy atom. The van der Waals surface area contributed by atoms with Crippen molar-refractivity contribution in [1.82, 2.24) is 4.98 Å². The zero-order valence-electron chi connectivity index (χ0n) is 12.4.